The smallest absolute Gasteiger partial charge is 0.287 e. The van der Waals surface area contributed by atoms with Gasteiger partial charge in [-0.2, -0.15) is 5.10 Å². The number of aryl methyl sites for hydroxylation is 2. The lowest BCUT2D eigenvalue weighted by atomic mass is 10.1. The van der Waals surface area contributed by atoms with Crippen LogP contribution in [0.15, 0.2) is 52.9 Å². The van der Waals surface area contributed by atoms with E-state index in [1.54, 1.807) is 6.07 Å². The Labute approximate surface area is 147 Å². The molecule has 0 bridgehead atoms. The van der Waals surface area contributed by atoms with E-state index in [-0.39, 0.29) is 11.9 Å². The number of amides is 1. The monoisotopic (exact) mass is 337 g/mol. The van der Waals surface area contributed by atoms with Gasteiger partial charge in [0.15, 0.2) is 5.76 Å². The van der Waals surface area contributed by atoms with Crippen LogP contribution in [0.1, 0.15) is 41.6 Å². The van der Waals surface area contributed by atoms with E-state index in [2.05, 4.69) is 16.5 Å². The molecule has 1 N–H and O–H groups in total. The van der Waals surface area contributed by atoms with Crippen molar-refractivity contribution in [2.75, 3.05) is 0 Å². The van der Waals surface area contributed by atoms with Crippen LogP contribution in [0.25, 0.3) is 5.69 Å². The lowest BCUT2D eigenvalue weighted by Gasteiger charge is -2.14. The number of aromatic nitrogens is 2. The average Bonchev–Trinajstić information content (AvgIpc) is 3.22. The molecule has 1 atom stereocenters. The van der Waals surface area contributed by atoms with Crippen LogP contribution in [0.4, 0.5) is 0 Å². The Morgan fingerprint density at radius 2 is 2.00 bits per heavy atom. The third-order valence-corrected chi connectivity index (χ3v) is 4.03. The maximum atomic E-state index is 12.3. The summed E-state index contributed by atoms with van der Waals surface area (Å²) in [5, 5.41) is 7.57. The molecule has 0 unspecified atom stereocenters. The van der Waals surface area contributed by atoms with Crippen molar-refractivity contribution in [2.45, 2.75) is 39.7 Å². The molecule has 5 heteroatoms. The quantitative estimate of drug-likeness (QED) is 0.746. The van der Waals surface area contributed by atoms with Gasteiger partial charge in [-0.15, -0.1) is 0 Å². The molecule has 0 aliphatic carbocycles. The van der Waals surface area contributed by atoms with Crippen molar-refractivity contribution in [2.24, 2.45) is 0 Å². The molecule has 3 aromatic rings. The minimum Gasteiger partial charge on any atom is -0.456 e. The number of rotatable bonds is 6. The minimum atomic E-state index is -0.185. The number of nitrogens with one attached hydrogen (secondary N) is 1. The van der Waals surface area contributed by atoms with Crippen molar-refractivity contribution in [1.82, 2.24) is 15.1 Å². The van der Waals surface area contributed by atoms with Gasteiger partial charge in [0.1, 0.15) is 5.76 Å². The van der Waals surface area contributed by atoms with Crippen LogP contribution < -0.4 is 5.32 Å². The summed E-state index contributed by atoms with van der Waals surface area (Å²) in [5.41, 5.74) is 3.03. The topological polar surface area (TPSA) is 60.1 Å². The summed E-state index contributed by atoms with van der Waals surface area (Å²) in [6.45, 7) is 5.96. The van der Waals surface area contributed by atoms with Gasteiger partial charge in [0, 0.05) is 24.6 Å². The Morgan fingerprint density at radius 1 is 1.24 bits per heavy atom. The zero-order chi connectivity index (χ0) is 17.8. The van der Waals surface area contributed by atoms with Gasteiger partial charge in [0.2, 0.25) is 0 Å². The predicted molar refractivity (Wildman–Crippen MR) is 97.0 cm³/mol. The van der Waals surface area contributed by atoms with Crippen molar-refractivity contribution in [1.29, 1.82) is 0 Å². The van der Waals surface area contributed by atoms with Gasteiger partial charge in [0.05, 0.1) is 11.4 Å². The molecule has 0 fully saturated rings. The molecule has 130 valence electrons. The number of carbonyl (C=O) groups excluding carboxylic acids is 1. The van der Waals surface area contributed by atoms with Crippen LogP contribution in [0.3, 0.4) is 0 Å². The number of hydrogen-bond acceptors (Lipinski definition) is 3. The van der Waals surface area contributed by atoms with E-state index in [0.717, 1.165) is 29.3 Å². The van der Waals surface area contributed by atoms with Gasteiger partial charge < -0.3 is 9.73 Å². The third-order valence-electron chi connectivity index (χ3n) is 4.03. The molecule has 2 aromatic heterocycles. The summed E-state index contributed by atoms with van der Waals surface area (Å²) in [7, 11) is 0. The second-order valence-corrected chi connectivity index (χ2v) is 6.22. The minimum absolute atomic E-state index is 0.0405. The maximum Gasteiger partial charge on any atom is 0.287 e. The van der Waals surface area contributed by atoms with Gasteiger partial charge in [-0.3, -0.25) is 4.79 Å². The van der Waals surface area contributed by atoms with Crippen molar-refractivity contribution in [3.05, 3.63) is 71.4 Å². The zero-order valence-corrected chi connectivity index (χ0v) is 14.8. The van der Waals surface area contributed by atoms with E-state index < -0.39 is 0 Å². The van der Waals surface area contributed by atoms with E-state index in [1.165, 1.54) is 0 Å². The first-order chi connectivity index (χ1) is 12.1. The fraction of sp³-hybridized carbons (Fsp3) is 0.300. The summed E-state index contributed by atoms with van der Waals surface area (Å²) in [6, 6.07) is 15.6. The Morgan fingerprint density at radius 3 is 2.68 bits per heavy atom. The molecule has 3 rings (SSSR count). The number of benzene rings is 1. The van der Waals surface area contributed by atoms with Crippen molar-refractivity contribution in [3.8, 4) is 5.69 Å². The second-order valence-electron chi connectivity index (χ2n) is 6.22. The van der Waals surface area contributed by atoms with Crippen LogP contribution in [-0.2, 0) is 12.8 Å². The highest BCUT2D eigenvalue weighted by Crippen LogP contribution is 2.15. The average molecular weight is 337 g/mol. The van der Waals surface area contributed by atoms with Crippen LogP contribution in [-0.4, -0.2) is 21.7 Å². The first-order valence-corrected chi connectivity index (χ1v) is 8.57. The van der Waals surface area contributed by atoms with E-state index in [0.29, 0.717) is 12.2 Å². The summed E-state index contributed by atoms with van der Waals surface area (Å²) < 4.78 is 7.44. The standard InChI is InChI=1S/C20H23N3O2/c1-4-18-10-11-19(25-18)20(24)21-14(2)12-17-13-15(3)22-23(17)16-8-6-5-7-9-16/h5-11,13-14H,4,12H2,1-3H3,(H,21,24)/t14-/m0/s1. The molecule has 0 aliphatic rings. The molecule has 0 saturated heterocycles. The van der Waals surface area contributed by atoms with Crippen LogP contribution in [0.5, 0.6) is 0 Å². The van der Waals surface area contributed by atoms with Gasteiger partial charge in [0.25, 0.3) is 5.91 Å². The highest BCUT2D eigenvalue weighted by atomic mass is 16.3. The summed E-state index contributed by atoms with van der Waals surface area (Å²) in [5.74, 6) is 0.988. The summed E-state index contributed by atoms with van der Waals surface area (Å²) in [4.78, 5) is 12.3. The summed E-state index contributed by atoms with van der Waals surface area (Å²) >= 11 is 0. The van der Waals surface area contributed by atoms with Gasteiger partial charge in [-0.05, 0) is 44.2 Å². The van der Waals surface area contributed by atoms with Crippen LogP contribution in [0, 0.1) is 6.92 Å². The third kappa shape index (κ3) is 3.99. The first-order valence-electron chi connectivity index (χ1n) is 8.57. The Kier molecular flexibility index (Phi) is 5.03. The normalized spacial score (nSPS) is 12.1. The zero-order valence-electron chi connectivity index (χ0n) is 14.8. The molecular weight excluding hydrogens is 314 g/mol. The molecule has 0 radical (unpaired) electrons. The number of nitrogens with zero attached hydrogens (tertiary/aromatic N) is 2. The number of hydrogen-bond donors (Lipinski definition) is 1. The predicted octanol–water partition coefficient (Wildman–Crippen LogP) is 3.70. The fourth-order valence-electron chi connectivity index (χ4n) is 2.84. The molecule has 0 aliphatic heterocycles. The molecule has 1 aromatic carbocycles. The number of furan rings is 1. The number of carbonyl (C=O) groups is 1. The highest BCUT2D eigenvalue weighted by Gasteiger charge is 2.16. The van der Waals surface area contributed by atoms with Crippen molar-refractivity contribution in [3.63, 3.8) is 0 Å². The molecule has 2 heterocycles. The van der Waals surface area contributed by atoms with E-state index >= 15 is 0 Å². The van der Waals surface area contributed by atoms with Gasteiger partial charge in [-0.1, -0.05) is 25.1 Å². The van der Waals surface area contributed by atoms with Crippen LogP contribution in [0.2, 0.25) is 0 Å². The van der Waals surface area contributed by atoms with E-state index in [4.69, 9.17) is 4.42 Å². The molecule has 0 spiro atoms. The Bertz CT molecular complexity index is 849. The number of para-hydroxylation sites is 1. The second kappa shape index (κ2) is 7.38. The highest BCUT2D eigenvalue weighted by molar-refractivity contribution is 5.91. The Hall–Kier alpha value is -2.82. The molecule has 1 amide bonds. The summed E-state index contributed by atoms with van der Waals surface area (Å²) in [6.07, 6.45) is 1.46. The van der Waals surface area contributed by atoms with E-state index in [9.17, 15) is 4.79 Å². The molecule has 25 heavy (non-hydrogen) atoms. The lowest BCUT2D eigenvalue weighted by Crippen LogP contribution is -2.34. The van der Waals surface area contributed by atoms with Gasteiger partial charge in [-0.25, -0.2) is 4.68 Å². The fourth-order valence-corrected chi connectivity index (χ4v) is 2.84. The molecular formula is C20H23N3O2. The maximum absolute atomic E-state index is 12.3. The largest absolute Gasteiger partial charge is 0.456 e. The van der Waals surface area contributed by atoms with Crippen LogP contribution >= 0.6 is 0 Å². The molecule has 5 nitrogen and oxygen atoms in total. The SMILES string of the molecule is CCc1ccc(C(=O)N[C@@H](C)Cc2cc(C)nn2-c2ccccc2)o1. The van der Waals surface area contributed by atoms with E-state index in [1.807, 2.05) is 61.9 Å². The molecule has 0 saturated carbocycles. The van der Waals surface area contributed by atoms with Crippen molar-refractivity contribution < 1.29 is 9.21 Å². The lowest BCUT2D eigenvalue weighted by molar-refractivity contribution is 0.0910. The van der Waals surface area contributed by atoms with Gasteiger partial charge >= 0.3 is 0 Å². The first kappa shape index (κ1) is 17.0. The Balaban J connectivity index is 1.71. The van der Waals surface area contributed by atoms with Crippen molar-refractivity contribution >= 4 is 5.91 Å².